The number of amides is 2. The lowest BCUT2D eigenvalue weighted by Crippen LogP contribution is -2.47. The fraction of sp³-hybridized carbons (Fsp3) is 0.450. The van der Waals surface area contributed by atoms with Crippen LogP contribution >= 0.6 is 0 Å². The maximum Gasteiger partial charge on any atom is 0.329 e. The molecule has 53 heavy (non-hydrogen) atoms. The first-order valence-electron chi connectivity index (χ1n) is 18.0. The molecule has 0 bridgehead atoms. The van der Waals surface area contributed by atoms with Crippen LogP contribution in [0.25, 0.3) is 0 Å². The van der Waals surface area contributed by atoms with Gasteiger partial charge in [0, 0.05) is 31.2 Å². The largest absolute Gasteiger partial charge is 0.490 e. The van der Waals surface area contributed by atoms with Crippen LogP contribution in [0.2, 0.25) is 0 Å². The number of ether oxygens (including phenoxy) is 2. The topological polar surface area (TPSA) is 218 Å². The Labute approximate surface area is 312 Å². The van der Waals surface area contributed by atoms with Gasteiger partial charge >= 0.3 is 5.97 Å². The lowest BCUT2D eigenvalue weighted by molar-refractivity contribution is -0.149. The molecule has 0 spiro atoms. The number of nitrogens with one attached hydrogen (secondary N) is 2. The van der Waals surface area contributed by atoms with Gasteiger partial charge in [0.15, 0.2) is 11.7 Å². The van der Waals surface area contributed by atoms with E-state index in [9.17, 15) is 24.0 Å². The van der Waals surface area contributed by atoms with Crippen LogP contribution in [0.15, 0.2) is 84.9 Å². The summed E-state index contributed by atoms with van der Waals surface area (Å²) in [5.74, 6) is -3.24. The second kappa shape index (κ2) is 24.8. The Morgan fingerprint density at radius 1 is 0.811 bits per heavy atom. The molecule has 0 saturated carbocycles. The average molecular weight is 733 g/mol. The minimum atomic E-state index is -1.03. The highest BCUT2D eigenvalue weighted by molar-refractivity contribution is 5.94. The smallest absolute Gasteiger partial charge is 0.329 e. The third-order valence-corrected chi connectivity index (χ3v) is 8.38. The van der Waals surface area contributed by atoms with Crippen LogP contribution in [0.4, 0.5) is 0 Å². The van der Waals surface area contributed by atoms with Gasteiger partial charge in [0.05, 0.1) is 6.04 Å². The van der Waals surface area contributed by atoms with Crippen LogP contribution in [0.1, 0.15) is 69.4 Å². The number of nitrogens with two attached hydrogens (primary N) is 3. The summed E-state index contributed by atoms with van der Waals surface area (Å²) in [5, 5.41) is 5.63. The summed E-state index contributed by atoms with van der Waals surface area (Å²) < 4.78 is 11.0. The molecule has 8 N–H and O–H groups in total. The monoisotopic (exact) mass is 732 g/mol. The van der Waals surface area contributed by atoms with Crippen molar-refractivity contribution >= 4 is 35.3 Å². The number of Topliss-reactive ketones (excluding diaryl/α,β-unsaturated/α-hetero) is 2. The maximum atomic E-state index is 14.0. The zero-order chi connectivity index (χ0) is 39.0. The fourth-order valence-electron chi connectivity index (χ4n) is 5.62. The van der Waals surface area contributed by atoms with Crippen molar-refractivity contribution in [1.29, 1.82) is 0 Å². The number of hydrogen-bond acceptors (Lipinski definition) is 9. The molecule has 0 aliphatic rings. The minimum absolute atomic E-state index is 0.0217. The maximum absolute atomic E-state index is 14.0. The highest BCUT2D eigenvalue weighted by Gasteiger charge is 2.32. The number of carbonyl (C=O) groups is 5. The summed E-state index contributed by atoms with van der Waals surface area (Å²) in [6.45, 7) is 9.76. The highest BCUT2D eigenvalue weighted by atomic mass is 16.5. The number of aliphatic imine (C=N–C) groups is 1. The van der Waals surface area contributed by atoms with Gasteiger partial charge in [0.1, 0.15) is 30.8 Å². The molecule has 0 aliphatic carbocycles. The molecule has 0 radical (unpaired) electrons. The van der Waals surface area contributed by atoms with Gasteiger partial charge in [0.2, 0.25) is 11.8 Å². The first-order valence-corrected chi connectivity index (χ1v) is 18.0. The van der Waals surface area contributed by atoms with E-state index in [1.54, 1.807) is 18.2 Å². The Bertz CT molecular complexity index is 1510. The van der Waals surface area contributed by atoms with Crippen LogP contribution in [0.3, 0.4) is 0 Å². The van der Waals surface area contributed by atoms with Gasteiger partial charge in [-0.3, -0.25) is 19.4 Å². The van der Waals surface area contributed by atoms with E-state index >= 15 is 0 Å². The van der Waals surface area contributed by atoms with Crippen molar-refractivity contribution in [3.63, 3.8) is 0 Å². The standard InChI is InChI=1S/C40H56N6O7/c1-4-12-35(39(51)53-27-30-13-7-6-8-14-30)46-37(49)31(15-11-22-44-40(42)43)26-36(48)34(16-9-10-21-41)45-38(50)32(24-28(3)47)25-29-17-19-33(20-18-29)52-23-5-2/h4-8,13-14,17-20,31-32,34-35H,1-2,9-12,15-16,21-27,41H2,3H3,(H,45,50)(H,46,49)(H4,42,43,44)/t31-,32-,34+,35-/m0/s1. The SMILES string of the molecule is C=CCOc1ccc(C[C@H](CC(C)=O)C(=O)N[C@H](CCCCN)C(=O)C[C@H](CCCN=C(N)N)C(=O)N[C@@H](CC=C)C(=O)OCc2ccccc2)cc1. The zero-order valence-electron chi connectivity index (χ0n) is 30.8. The number of guanidine groups is 1. The van der Waals surface area contributed by atoms with Gasteiger partial charge in [-0.2, -0.15) is 0 Å². The third kappa shape index (κ3) is 17.7. The fourth-order valence-corrected chi connectivity index (χ4v) is 5.62. The first-order chi connectivity index (χ1) is 25.5. The number of hydrogen-bond donors (Lipinski definition) is 5. The van der Waals surface area contributed by atoms with Crippen molar-refractivity contribution in [2.24, 2.45) is 34.0 Å². The molecule has 13 heteroatoms. The summed E-state index contributed by atoms with van der Waals surface area (Å²) in [6, 6.07) is 14.4. The van der Waals surface area contributed by atoms with E-state index in [1.165, 1.54) is 13.0 Å². The quantitative estimate of drug-likeness (QED) is 0.0296. The Kier molecular flexibility index (Phi) is 20.5. The van der Waals surface area contributed by atoms with Gasteiger partial charge in [-0.25, -0.2) is 4.79 Å². The summed E-state index contributed by atoms with van der Waals surface area (Å²) in [4.78, 5) is 70.7. The number of rotatable bonds is 27. The van der Waals surface area contributed by atoms with Gasteiger partial charge in [-0.15, -0.1) is 6.58 Å². The van der Waals surface area contributed by atoms with Crippen molar-refractivity contribution in [2.75, 3.05) is 19.7 Å². The highest BCUT2D eigenvalue weighted by Crippen LogP contribution is 2.20. The van der Waals surface area contributed by atoms with Crippen LogP contribution < -0.4 is 32.6 Å². The Morgan fingerprint density at radius 3 is 2.11 bits per heavy atom. The summed E-state index contributed by atoms with van der Waals surface area (Å²) in [7, 11) is 0. The van der Waals surface area contributed by atoms with Crippen molar-refractivity contribution in [3.8, 4) is 5.75 Å². The van der Waals surface area contributed by atoms with Crippen LogP contribution in [0, 0.1) is 11.8 Å². The molecule has 0 aliphatic heterocycles. The molecule has 2 aromatic rings. The molecule has 13 nitrogen and oxygen atoms in total. The lowest BCUT2D eigenvalue weighted by atomic mass is 9.90. The molecule has 0 unspecified atom stereocenters. The van der Waals surface area contributed by atoms with E-state index in [1.807, 2.05) is 42.5 Å². The van der Waals surface area contributed by atoms with Crippen molar-refractivity contribution in [2.45, 2.75) is 83.4 Å². The van der Waals surface area contributed by atoms with Gasteiger partial charge < -0.3 is 42.1 Å². The summed E-state index contributed by atoms with van der Waals surface area (Å²) in [5.41, 5.74) is 18.3. The molecule has 2 aromatic carbocycles. The third-order valence-electron chi connectivity index (χ3n) is 8.38. The number of esters is 1. The average Bonchev–Trinajstić information content (AvgIpc) is 3.13. The van der Waals surface area contributed by atoms with Gasteiger partial charge in [0.25, 0.3) is 0 Å². The van der Waals surface area contributed by atoms with Crippen LogP contribution in [-0.4, -0.2) is 67.1 Å². The normalized spacial score (nSPS) is 12.9. The molecule has 0 aromatic heterocycles. The molecule has 288 valence electrons. The second-order valence-electron chi connectivity index (χ2n) is 12.9. The number of unbranched alkanes of at least 4 members (excludes halogenated alkanes) is 1. The second-order valence-corrected chi connectivity index (χ2v) is 12.9. The Morgan fingerprint density at radius 2 is 1.49 bits per heavy atom. The molecular formula is C40H56N6O7. The molecule has 2 amide bonds. The number of ketones is 2. The Balaban J connectivity index is 2.26. The summed E-state index contributed by atoms with van der Waals surface area (Å²) >= 11 is 0. The Hall–Kier alpha value is -5.30. The molecular weight excluding hydrogens is 676 g/mol. The van der Waals surface area contributed by atoms with Crippen molar-refractivity contribution < 1.29 is 33.4 Å². The van der Waals surface area contributed by atoms with Gasteiger partial charge in [-0.1, -0.05) is 61.2 Å². The first kappa shape index (κ1) is 43.9. The van der Waals surface area contributed by atoms with Crippen LogP contribution in [-0.2, 0) is 41.7 Å². The van der Waals surface area contributed by atoms with Gasteiger partial charge in [-0.05, 0) is 81.7 Å². The van der Waals surface area contributed by atoms with E-state index in [-0.39, 0.29) is 69.2 Å². The van der Waals surface area contributed by atoms with E-state index in [0.29, 0.717) is 38.2 Å². The van der Waals surface area contributed by atoms with Crippen molar-refractivity contribution in [3.05, 3.63) is 91.0 Å². The summed E-state index contributed by atoms with van der Waals surface area (Å²) in [6.07, 6.45) is 5.29. The van der Waals surface area contributed by atoms with E-state index in [4.69, 9.17) is 26.7 Å². The number of nitrogens with zero attached hydrogens (tertiary/aromatic N) is 1. The van der Waals surface area contributed by atoms with E-state index in [0.717, 1.165) is 11.1 Å². The molecule has 0 saturated heterocycles. The lowest BCUT2D eigenvalue weighted by Gasteiger charge is -2.25. The van der Waals surface area contributed by atoms with E-state index in [2.05, 4.69) is 28.8 Å². The van der Waals surface area contributed by atoms with Crippen molar-refractivity contribution in [1.82, 2.24) is 10.6 Å². The molecule has 0 fully saturated rings. The zero-order valence-corrected chi connectivity index (χ0v) is 30.8. The van der Waals surface area contributed by atoms with Crippen LogP contribution in [0.5, 0.6) is 5.75 Å². The van der Waals surface area contributed by atoms with E-state index < -0.39 is 41.7 Å². The predicted octanol–water partition coefficient (Wildman–Crippen LogP) is 3.44. The molecule has 0 heterocycles. The molecule has 4 atom stereocenters. The number of carbonyl (C=O) groups excluding carboxylic acids is 5. The predicted molar refractivity (Wildman–Crippen MR) is 205 cm³/mol. The molecule has 2 rings (SSSR count). The number of benzene rings is 2. The minimum Gasteiger partial charge on any atom is -0.490 e.